The third-order valence-electron chi connectivity index (χ3n) is 4.42. The lowest BCUT2D eigenvalue weighted by Gasteiger charge is -2.14. The van der Waals surface area contributed by atoms with E-state index in [9.17, 15) is 22.0 Å². The zero-order valence-corrected chi connectivity index (χ0v) is 16.4. The maximum Gasteiger partial charge on any atom is 0.242 e. The average molecular weight is 419 g/mol. The first-order valence-electron chi connectivity index (χ1n) is 8.77. The number of hydrogen-bond donors (Lipinski definition) is 1. The molecule has 3 aromatic rings. The van der Waals surface area contributed by atoms with Crippen LogP contribution in [0.3, 0.4) is 0 Å². The summed E-state index contributed by atoms with van der Waals surface area (Å²) in [4.78, 5) is 16.4. The molecule has 0 aliphatic heterocycles. The summed E-state index contributed by atoms with van der Waals surface area (Å²) in [5.74, 6) is -2.74. The maximum atomic E-state index is 13.7. The van der Waals surface area contributed by atoms with Gasteiger partial charge in [-0.05, 0) is 24.6 Å². The summed E-state index contributed by atoms with van der Waals surface area (Å²) in [6, 6.07) is 12.0. The molecule has 1 N–H and O–H groups in total. The second kappa shape index (κ2) is 8.52. The van der Waals surface area contributed by atoms with Crippen molar-refractivity contribution in [2.24, 2.45) is 0 Å². The normalized spacial score (nSPS) is 12.5. The quantitative estimate of drug-likeness (QED) is 0.638. The lowest BCUT2D eigenvalue weighted by Crippen LogP contribution is -2.34. The molecule has 0 saturated carbocycles. The highest BCUT2D eigenvalue weighted by atomic mass is 32.2. The van der Waals surface area contributed by atoms with Gasteiger partial charge in [0.1, 0.15) is 28.5 Å². The minimum Gasteiger partial charge on any atom is -0.330 e. The minimum absolute atomic E-state index is 0.283. The molecule has 29 heavy (non-hydrogen) atoms. The smallest absolute Gasteiger partial charge is 0.242 e. The third kappa shape index (κ3) is 5.05. The summed E-state index contributed by atoms with van der Waals surface area (Å²) in [7, 11) is -3.95. The fourth-order valence-electron chi connectivity index (χ4n) is 2.70. The van der Waals surface area contributed by atoms with Crippen LogP contribution in [-0.4, -0.2) is 29.1 Å². The van der Waals surface area contributed by atoms with Gasteiger partial charge in [0.2, 0.25) is 5.91 Å². The van der Waals surface area contributed by atoms with Crippen molar-refractivity contribution in [2.75, 3.05) is 5.32 Å². The number of aromatic nitrogens is 2. The van der Waals surface area contributed by atoms with Gasteiger partial charge in [-0.3, -0.25) is 4.79 Å². The van der Waals surface area contributed by atoms with E-state index in [-0.39, 0.29) is 5.82 Å². The van der Waals surface area contributed by atoms with Crippen LogP contribution in [-0.2, 0) is 26.9 Å². The molecule has 1 atom stereocenters. The van der Waals surface area contributed by atoms with Crippen LogP contribution < -0.4 is 5.32 Å². The number of imidazole rings is 1. The Morgan fingerprint density at radius 1 is 1.17 bits per heavy atom. The summed E-state index contributed by atoms with van der Waals surface area (Å²) in [5, 5.41) is 0.651. The number of carbonyl (C=O) groups is 1. The standard InChI is InChI=1S/C20H19F2N3O3S/c1-14(20(26)24-18-11-16(21)7-8-17(18)22)29(27,28)13-19-23-9-10-25(19)12-15-5-3-2-4-6-15/h2-11,14H,12-13H2,1H3,(H,24,26). The lowest BCUT2D eigenvalue weighted by atomic mass is 10.2. The highest BCUT2D eigenvalue weighted by molar-refractivity contribution is 7.92. The van der Waals surface area contributed by atoms with Crippen LogP contribution >= 0.6 is 0 Å². The number of halogens is 2. The van der Waals surface area contributed by atoms with Crippen molar-refractivity contribution in [1.29, 1.82) is 0 Å². The third-order valence-corrected chi connectivity index (χ3v) is 6.37. The van der Waals surface area contributed by atoms with Crippen molar-refractivity contribution >= 4 is 21.4 Å². The fourth-order valence-corrected chi connectivity index (χ4v) is 3.94. The molecule has 0 aliphatic carbocycles. The van der Waals surface area contributed by atoms with Gasteiger partial charge in [0.25, 0.3) is 0 Å². The molecule has 6 nitrogen and oxygen atoms in total. The summed E-state index contributed by atoms with van der Waals surface area (Å²) in [6.45, 7) is 1.63. The summed E-state index contributed by atoms with van der Waals surface area (Å²) < 4.78 is 54.1. The molecule has 152 valence electrons. The van der Waals surface area contributed by atoms with Crippen LogP contribution in [0.25, 0.3) is 0 Å². The Kier molecular flexibility index (Phi) is 6.07. The zero-order valence-electron chi connectivity index (χ0n) is 15.5. The van der Waals surface area contributed by atoms with E-state index in [1.54, 1.807) is 10.8 Å². The highest BCUT2D eigenvalue weighted by Crippen LogP contribution is 2.18. The fraction of sp³-hybridized carbons (Fsp3) is 0.200. The van der Waals surface area contributed by atoms with E-state index in [4.69, 9.17) is 0 Å². The van der Waals surface area contributed by atoms with Crippen LogP contribution in [0, 0.1) is 11.6 Å². The van der Waals surface area contributed by atoms with Gasteiger partial charge in [0.15, 0.2) is 9.84 Å². The Bertz CT molecular complexity index is 1120. The van der Waals surface area contributed by atoms with E-state index < -0.39 is 44.1 Å². The highest BCUT2D eigenvalue weighted by Gasteiger charge is 2.30. The molecule has 0 fully saturated rings. The summed E-state index contributed by atoms with van der Waals surface area (Å²) in [5.41, 5.74) is 0.555. The summed E-state index contributed by atoms with van der Waals surface area (Å²) in [6.07, 6.45) is 3.14. The second-order valence-electron chi connectivity index (χ2n) is 6.52. The van der Waals surface area contributed by atoms with E-state index in [0.29, 0.717) is 6.54 Å². The van der Waals surface area contributed by atoms with Gasteiger partial charge >= 0.3 is 0 Å². The van der Waals surface area contributed by atoms with E-state index in [1.807, 2.05) is 30.3 Å². The molecule has 1 amide bonds. The zero-order chi connectivity index (χ0) is 21.0. The molecule has 0 spiro atoms. The van der Waals surface area contributed by atoms with E-state index in [0.717, 1.165) is 23.8 Å². The van der Waals surface area contributed by atoms with Crippen molar-refractivity contribution in [1.82, 2.24) is 9.55 Å². The molecule has 0 aliphatic rings. The lowest BCUT2D eigenvalue weighted by molar-refractivity contribution is -0.115. The molecule has 1 unspecified atom stereocenters. The first-order chi connectivity index (χ1) is 13.8. The van der Waals surface area contributed by atoms with Crippen LogP contribution in [0.2, 0.25) is 0 Å². The van der Waals surface area contributed by atoms with Crippen molar-refractivity contribution in [3.05, 3.63) is 83.9 Å². The molecular weight excluding hydrogens is 400 g/mol. The SMILES string of the molecule is CC(C(=O)Nc1cc(F)ccc1F)S(=O)(=O)Cc1nccn1Cc1ccccc1. The number of benzene rings is 2. The number of nitrogens with one attached hydrogen (secondary N) is 1. The van der Waals surface area contributed by atoms with Gasteiger partial charge in [-0.15, -0.1) is 0 Å². The minimum atomic E-state index is -3.95. The molecular formula is C20H19F2N3O3S. The number of carbonyl (C=O) groups excluding carboxylic acids is 1. The number of amides is 1. The Morgan fingerprint density at radius 2 is 1.90 bits per heavy atom. The van der Waals surface area contributed by atoms with E-state index in [1.165, 1.54) is 13.1 Å². The monoisotopic (exact) mass is 419 g/mol. The first kappa shape index (κ1) is 20.7. The van der Waals surface area contributed by atoms with Gasteiger partial charge in [0, 0.05) is 25.0 Å². The molecule has 0 saturated heterocycles. The van der Waals surface area contributed by atoms with Crippen LogP contribution in [0.5, 0.6) is 0 Å². The van der Waals surface area contributed by atoms with Gasteiger partial charge in [0.05, 0.1) is 5.69 Å². The van der Waals surface area contributed by atoms with Gasteiger partial charge in [-0.2, -0.15) is 0 Å². The van der Waals surface area contributed by atoms with Crippen LogP contribution in [0.15, 0.2) is 60.9 Å². The van der Waals surface area contributed by atoms with Gasteiger partial charge < -0.3 is 9.88 Å². The number of nitrogens with zero attached hydrogens (tertiary/aromatic N) is 2. The number of sulfone groups is 1. The first-order valence-corrected chi connectivity index (χ1v) is 10.5. The topological polar surface area (TPSA) is 81.1 Å². The molecule has 1 heterocycles. The van der Waals surface area contributed by atoms with Crippen molar-refractivity contribution in [3.8, 4) is 0 Å². The number of rotatable bonds is 7. The Hall–Kier alpha value is -3.07. The van der Waals surface area contributed by atoms with Crippen molar-refractivity contribution in [3.63, 3.8) is 0 Å². The summed E-state index contributed by atoms with van der Waals surface area (Å²) >= 11 is 0. The second-order valence-corrected chi connectivity index (χ2v) is 8.84. The molecule has 0 radical (unpaired) electrons. The Labute approximate surface area is 167 Å². The number of hydrogen-bond acceptors (Lipinski definition) is 4. The van der Waals surface area contributed by atoms with E-state index in [2.05, 4.69) is 10.3 Å². The number of anilines is 1. The van der Waals surface area contributed by atoms with Gasteiger partial charge in [-0.25, -0.2) is 22.2 Å². The molecule has 1 aromatic heterocycles. The Morgan fingerprint density at radius 3 is 2.62 bits per heavy atom. The predicted molar refractivity (Wildman–Crippen MR) is 105 cm³/mol. The molecule has 0 bridgehead atoms. The van der Waals surface area contributed by atoms with Gasteiger partial charge in [-0.1, -0.05) is 30.3 Å². The van der Waals surface area contributed by atoms with Crippen molar-refractivity contribution < 1.29 is 22.0 Å². The molecule has 3 rings (SSSR count). The largest absolute Gasteiger partial charge is 0.330 e. The van der Waals surface area contributed by atoms with Crippen LogP contribution in [0.4, 0.5) is 14.5 Å². The Balaban J connectivity index is 1.73. The average Bonchev–Trinajstić information content (AvgIpc) is 3.10. The molecule has 2 aromatic carbocycles. The van der Waals surface area contributed by atoms with Crippen molar-refractivity contribution in [2.45, 2.75) is 24.5 Å². The maximum absolute atomic E-state index is 13.7. The van der Waals surface area contributed by atoms with E-state index >= 15 is 0 Å². The predicted octanol–water partition coefficient (Wildman–Crippen LogP) is 3.15. The molecule has 9 heteroatoms. The van der Waals surface area contributed by atoms with Crippen LogP contribution in [0.1, 0.15) is 18.3 Å².